The predicted molar refractivity (Wildman–Crippen MR) is 66.7 cm³/mol. The van der Waals surface area contributed by atoms with E-state index in [1.165, 1.54) is 0 Å². The molecule has 1 amide bonds. The maximum atomic E-state index is 12.2. The van der Waals surface area contributed by atoms with Gasteiger partial charge in [0.1, 0.15) is 0 Å². The van der Waals surface area contributed by atoms with Crippen molar-refractivity contribution in [1.82, 2.24) is 9.88 Å². The highest BCUT2D eigenvalue weighted by atomic mass is 79.9. The molecule has 3 nitrogen and oxygen atoms in total. The summed E-state index contributed by atoms with van der Waals surface area (Å²) in [6, 6.07) is 2.17. The van der Waals surface area contributed by atoms with Crippen molar-refractivity contribution in [2.24, 2.45) is 0 Å². The molecule has 1 aliphatic carbocycles. The van der Waals surface area contributed by atoms with Crippen LogP contribution in [0, 0.1) is 0 Å². The molecule has 1 fully saturated rings. The fraction of sp³-hybridized carbons (Fsp3) is 0.455. The van der Waals surface area contributed by atoms with Crippen LogP contribution in [0.5, 0.6) is 0 Å². The average Bonchev–Trinajstić information content (AvgIpc) is 3.09. The average molecular weight is 304 g/mol. The second kappa shape index (κ2) is 5.15. The van der Waals surface area contributed by atoms with Crippen LogP contribution in [-0.4, -0.2) is 34.3 Å². The molecule has 0 aliphatic heterocycles. The Hall–Kier alpha value is -0.610. The number of aromatic nitrogens is 1. The fourth-order valence-electron chi connectivity index (χ4n) is 1.62. The van der Waals surface area contributed by atoms with E-state index in [-0.39, 0.29) is 5.91 Å². The molecule has 1 aromatic rings. The predicted octanol–water partition coefficient (Wildman–Crippen LogP) is 2.69. The van der Waals surface area contributed by atoms with E-state index in [2.05, 4.69) is 20.9 Å². The Morgan fingerprint density at radius 1 is 1.56 bits per heavy atom. The monoisotopic (exact) mass is 302 g/mol. The molecule has 0 spiro atoms. The first-order chi connectivity index (χ1) is 7.72. The van der Waals surface area contributed by atoms with Gasteiger partial charge in [-0.15, -0.1) is 11.6 Å². The highest BCUT2D eigenvalue weighted by Crippen LogP contribution is 2.28. The maximum absolute atomic E-state index is 12.2. The van der Waals surface area contributed by atoms with E-state index in [1.807, 2.05) is 4.90 Å². The van der Waals surface area contributed by atoms with E-state index in [9.17, 15) is 4.79 Å². The third kappa shape index (κ3) is 2.74. The number of carbonyl (C=O) groups excluding carboxylic acids is 1. The Morgan fingerprint density at radius 3 is 2.88 bits per heavy atom. The molecule has 1 aliphatic rings. The zero-order valence-corrected chi connectivity index (χ0v) is 11.0. The molecule has 2 rings (SSSR count). The number of carbonyl (C=O) groups is 1. The summed E-state index contributed by atoms with van der Waals surface area (Å²) < 4.78 is 0.819. The fourth-order valence-corrected chi connectivity index (χ4v) is 2.17. The largest absolute Gasteiger partial charge is 0.334 e. The van der Waals surface area contributed by atoms with Crippen molar-refractivity contribution in [3.05, 3.63) is 28.5 Å². The third-order valence-corrected chi connectivity index (χ3v) is 3.13. The zero-order valence-electron chi connectivity index (χ0n) is 8.70. The van der Waals surface area contributed by atoms with Crippen LogP contribution in [0.2, 0.25) is 0 Å². The first-order valence-electron chi connectivity index (χ1n) is 5.20. The lowest BCUT2D eigenvalue weighted by Crippen LogP contribution is -2.34. The molecule has 16 heavy (non-hydrogen) atoms. The minimum Gasteiger partial charge on any atom is -0.334 e. The number of amides is 1. The summed E-state index contributed by atoms with van der Waals surface area (Å²) in [6.45, 7) is 0.609. The van der Waals surface area contributed by atoms with Gasteiger partial charge in [0, 0.05) is 35.3 Å². The smallest absolute Gasteiger partial charge is 0.255 e. The number of alkyl halides is 1. The summed E-state index contributed by atoms with van der Waals surface area (Å²) in [5.41, 5.74) is 0.617. The van der Waals surface area contributed by atoms with Gasteiger partial charge in [0.05, 0.1) is 5.56 Å². The third-order valence-electron chi connectivity index (χ3n) is 2.53. The van der Waals surface area contributed by atoms with Crippen molar-refractivity contribution in [3.8, 4) is 0 Å². The summed E-state index contributed by atoms with van der Waals surface area (Å²) >= 11 is 9.02. The topological polar surface area (TPSA) is 33.2 Å². The summed E-state index contributed by atoms with van der Waals surface area (Å²) in [5, 5.41) is 0. The number of hydrogen-bond donors (Lipinski definition) is 0. The lowest BCUT2D eigenvalue weighted by Gasteiger charge is -2.21. The van der Waals surface area contributed by atoms with Crippen molar-refractivity contribution in [1.29, 1.82) is 0 Å². The lowest BCUT2D eigenvalue weighted by molar-refractivity contribution is 0.0753. The van der Waals surface area contributed by atoms with Crippen LogP contribution in [0.1, 0.15) is 23.2 Å². The summed E-state index contributed by atoms with van der Waals surface area (Å²) in [4.78, 5) is 18.0. The van der Waals surface area contributed by atoms with E-state index in [1.54, 1.807) is 18.5 Å². The van der Waals surface area contributed by atoms with Crippen molar-refractivity contribution < 1.29 is 4.79 Å². The molecule has 1 saturated carbocycles. The van der Waals surface area contributed by atoms with Gasteiger partial charge in [0.25, 0.3) is 5.91 Å². The number of nitrogens with zero attached hydrogens (tertiary/aromatic N) is 2. The molecule has 1 aromatic heterocycles. The van der Waals surface area contributed by atoms with Crippen molar-refractivity contribution >= 4 is 33.4 Å². The second-order valence-electron chi connectivity index (χ2n) is 3.81. The Kier molecular flexibility index (Phi) is 3.82. The second-order valence-corrected chi connectivity index (χ2v) is 5.10. The Balaban J connectivity index is 2.15. The highest BCUT2D eigenvalue weighted by molar-refractivity contribution is 9.10. The summed E-state index contributed by atoms with van der Waals surface area (Å²) in [6.07, 6.45) is 5.44. The van der Waals surface area contributed by atoms with Crippen LogP contribution in [0.4, 0.5) is 0 Å². The Labute approximate surface area is 108 Å². The lowest BCUT2D eigenvalue weighted by atomic mass is 10.2. The minimum atomic E-state index is 0.0250. The van der Waals surface area contributed by atoms with Crippen LogP contribution >= 0.6 is 27.5 Å². The van der Waals surface area contributed by atoms with Gasteiger partial charge in [-0.1, -0.05) is 0 Å². The molecule has 0 atom stereocenters. The van der Waals surface area contributed by atoms with E-state index in [0.717, 1.165) is 17.3 Å². The molecule has 0 radical (unpaired) electrons. The Bertz CT molecular complexity index is 395. The normalized spacial score (nSPS) is 14.9. The molecule has 0 N–H and O–H groups in total. The quantitative estimate of drug-likeness (QED) is 0.801. The molecule has 0 unspecified atom stereocenters. The van der Waals surface area contributed by atoms with E-state index in [0.29, 0.717) is 24.0 Å². The van der Waals surface area contributed by atoms with Gasteiger partial charge in [-0.2, -0.15) is 0 Å². The van der Waals surface area contributed by atoms with Crippen molar-refractivity contribution in [2.45, 2.75) is 18.9 Å². The molecular weight excluding hydrogens is 291 g/mol. The number of pyridine rings is 1. The first kappa shape index (κ1) is 11.9. The van der Waals surface area contributed by atoms with Gasteiger partial charge in [-0.3, -0.25) is 9.78 Å². The van der Waals surface area contributed by atoms with Crippen LogP contribution in [0.25, 0.3) is 0 Å². The van der Waals surface area contributed by atoms with E-state index in [4.69, 9.17) is 11.6 Å². The van der Waals surface area contributed by atoms with Gasteiger partial charge in [-0.05, 0) is 34.8 Å². The van der Waals surface area contributed by atoms with Crippen LogP contribution in [-0.2, 0) is 0 Å². The minimum absolute atomic E-state index is 0.0250. The summed E-state index contributed by atoms with van der Waals surface area (Å²) in [5.74, 6) is 0.501. The molecule has 5 heteroatoms. The van der Waals surface area contributed by atoms with Gasteiger partial charge in [-0.25, -0.2) is 0 Å². The standard InChI is InChI=1S/C11H12BrClN2O/c12-9-5-8(6-14-7-9)11(16)15(4-3-13)10-1-2-10/h5-7,10H,1-4H2. The van der Waals surface area contributed by atoms with Gasteiger partial charge >= 0.3 is 0 Å². The molecule has 0 bridgehead atoms. The zero-order chi connectivity index (χ0) is 11.5. The molecular formula is C11H12BrClN2O. The highest BCUT2D eigenvalue weighted by Gasteiger charge is 2.32. The number of hydrogen-bond acceptors (Lipinski definition) is 2. The van der Waals surface area contributed by atoms with Crippen molar-refractivity contribution in [2.75, 3.05) is 12.4 Å². The van der Waals surface area contributed by atoms with E-state index >= 15 is 0 Å². The molecule has 86 valence electrons. The number of rotatable bonds is 4. The van der Waals surface area contributed by atoms with Gasteiger partial charge < -0.3 is 4.90 Å². The first-order valence-corrected chi connectivity index (χ1v) is 6.52. The van der Waals surface area contributed by atoms with Gasteiger partial charge in [0.2, 0.25) is 0 Å². The van der Waals surface area contributed by atoms with Crippen molar-refractivity contribution in [3.63, 3.8) is 0 Å². The molecule has 1 heterocycles. The van der Waals surface area contributed by atoms with Gasteiger partial charge in [0.15, 0.2) is 0 Å². The Morgan fingerprint density at radius 2 is 2.31 bits per heavy atom. The summed E-state index contributed by atoms with van der Waals surface area (Å²) in [7, 11) is 0. The van der Waals surface area contributed by atoms with Crippen LogP contribution in [0.15, 0.2) is 22.9 Å². The number of halogens is 2. The van der Waals surface area contributed by atoms with Crippen LogP contribution < -0.4 is 0 Å². The SMILES string of the molecule is O=C(c1cncc(Br)c1)N(CCCl)C1CC1. The van der Waals surface area contributed by atoms with E-state index < -0.39 is 0 Å². The molecule has 0 saturated heterocycles. The van der Waals surface area contributed by atoms with Crippen LogP contribution in [0.3, 0.4) is 0 Å². The maximum Gasteiger partial charge on any atom is 0.255 e. The molecule has 0 aromatic carbocycles.